The summed E-state index contributed by atoms with van der Waals surface area (Å²) in [6, 6.07) is 9.37. The maximum atomic E-state index is 10.9. The molecule has 2 aromatic rings. The highest BCUT2D eigenvalue weighted by Crippen LogP contribution is 2.16. The van der Waals surface area contributed by atoms with Gasteiger partial charge >= 0.3 is 5.97 Å². The third-order valence-corrected chi connectivity index (χ3v) is 2.23. The van der Waals surface area contributed by atoms with Gasteiger partial charge in [-0.3, -0.25) is 4.98 Å². The zero-order valence-corrected chi connectivity index (χ0v) is 8.71. The monoisotopic (exact) mass is 214 g/mol. The highest BCUT2D eigenvalue weighted by Gasteiger charge is 2.11. The van der Waals surface area contributed by atoms with E-state index in [4.69, 9.17) is 5.11 Å². The minimum Gasteiger partial charge on any atom is -0.476 e. The minimum absolute atomic E-state index is 0.00125. The summed E-state index contributed by atoms with van der Waals surface area (Å²) in [5.41, 5.74) is 1.86. The van der Waals surface area contributed by atoms with Gasteiger partial charge in [0.2, 0.25) is 0 Å². The molecule has 0 bridgehead atoms. The van der Waals surface area contributed by atoms with Gasteiger partial charge in [-0.1, -0.05) is 30.3 Å². The van der Waals surface area contributed by atoms with Crippen molar-refractivity contribution in [2.24, 2.45) is 0 Å². The van der Waals surface area contributed by atoms with Crippen LogP contribution in [0.3, 0.4) is 0 Å². The van der Waals surface area contributed by atoms with E-state index in [2.05, 4.69) is 9.97 Å². The molecule has 4 nitrogen and oxygen atoms in total. The van der Waals surface area contributed by atoms with Crippen LogP contribution >= 0.6 is 0 Å². The fraction of sp³-hybridized carbons (Fsp3) is 0.0833. The van der Waals surface area contributed by atoms with Crippen LogP contribution in [0.25, 0.3) is 11.3 Å². The zero-order chi connectivity index (χ0) is 11.5. The van der Waals surface area contributed by atoms with E-state index in [-0.39, 0.29) is 5.69 Å². The highest BCUT2D eigenvalue weighted by atomic mass is 16.4. The van der Waals surface area contributed by atoms with E-state index in [1.807, 2.05) is 30.3 Å². The average Bonchev–Trinajstić information content (AvgIpc) is 2.30. The van der Waals surface area contributed by atoms with Crippen LogP contribution in [0.15, 0.2) is 36.5 Å². The van der Waals surface area contributed by atoms with Crippen LogP contribution < -0.4 is 0 Å². The standard InChI is InChI=1S/C12H10N2O2/c1-8-11(12(15)16)14-10(7-13-8)9-5-3-2-4-6-9/h2-7H,1H3,(H,15,16). The normalized spacial score (nSPS) is 10.1. The summed E-state index contributed by atoms with van der Waals surface area (Å²) < 4.78 is 0. The number of aromatic carboxylic acids is 1. The van der Waals surface area contributed by atoms with E-state index in [0.29, 0.717) is 11.4 Å². The molecule has 0 radical (unpaired) electrons. The number of benzene rings is 1. The van der Waals surface area contributed by atoms with Crippen LogP contribution in [0.1, 0.15) is 16.2 Å². The van der Waals surface area contributed by atoms with E-state index >= 15 is 0 Å². The van der Waals surface area contributed by atoms with E-state index in [0.717, 1.165) is 5.56 Å². The minimum atomic E-state index is -1.05. The van der Waals surface area contributed by atoms with Crippen LogP contribution in [0.4, 0.5) is 0 Å². The van der Waals surface area contributed by atoms with E-state index < -0.39 is 5.97 Å². The number of nitrogens with zero attached hydrogens (tertiary/aromatic N) is 2. The van der Waals surface area contributed by atoms with Crippen molar-refractivity contribution in [3.05, 3.63) is 47.9 Å². The molecule has 0 saturated carbocycles. The Labute approximate surface area is 92.6 Å². The summed E-state index contributed by atoms with van der Waals surface area (Å²) in [4.78, 5) is 19.0. The van der Waals surface area contributed by atoms with Gasteiger partial charge in [0.15, 0.2) is 5.69 Å². The molecular formula is C12H10N2O2. The lowest BCUT2D eigenvalue weighted by Gasteiger charge is -2.03. The predicted octanol–water partition coefficient (Wildman–Crippen LogP) is 2.15. The summed E-state index contributed by atoms with van der Waals surface area (Å²) in [5, 5.41) is 8.93. The molecule has 0 aliphatic heterocycles. The Morgan fingerprint density at radius 1 is 1.25 bits per heavy atom. The SMILES string of the molecule is Cc1ncc(-c2ccccc2)nc1C(=O)O. The zero-order valence-electron chi connectivity index (χ0n) is 8.71. The highest BCUT2D eigenvalue weighted by molar-refractivity contribution is 5.87. The smallest absolute Gasteiger partial charge is 0.356 e. The lowest BCUT2D eigenvalue weighted by atomic mass is 10.1. The molecule has 0 amide bonds. The van der Waals surface area contributed by atoms with Gasteiger partial charge in [0.05, 0.1) is 17.6 Å². The van der Waals surface area contributed by atoms with Crippen LogP contribution in [-0.2, 0) is 0 Å². The van der Waals surface area contributed by atoms with Crippen molar-refractivity contribution in [3.63, 3.8) is 0 Å². The van der Waals surface area contributed by atoms with Gasteiger partial charge in [-0.25, -0.2) is 9.78 Å². The van der Waals surface area contributed by atoms with Crippen molar-refractivity contribution >= 4 is 5.97 Å². The Morgan fingerprint density at radius 3 is 2.56 bits per heavy atom. The molecule has 4 heteroatoms. The molecule has 1 aromatic heterocycles. The van der Waals surface area contributed by atoms with Gasteiger partial charge in [-0.15, -0.1) is 0 Å². The number of carboxylic acid groups (broad SMARTS) is 1. The Bertz CT molecular complexity index is 524. The summed E-state index contributed by atoms with van der Waals surface area (Å²) in [6.45, 7) is 1.63. The second kappa shape index (κ2) is 4.10. The Hall–Kier alpha value is -2.23. The second-order valence-electron chi connectivity index (χ2n) is 3.36. The molecule has 0 aliphatic carbocycles. The summed E-state index contributed by atoms with van der Waals surface area (Å²) in [6.07, 6.45) is 1.58. The van der Waals surface area contributed by atoms with Crippen molar-refractivity contribution < 1.29 is 9.90 Å². The van der Waals surface area contributed by atoms with Gasteiger partial charge in [0.1, 0.15) is 0 Å². The van der Waals surface area contributed by atoms with Crippen LogP contribution in [0.2, 0.25) is 0 Å². The number of carbonyl (C=O) groups is 1. The summed E-state index contributed by atoms with van der Waals surface area (Å²) in [7, 11) is 0. The van der Waals surface area contributed by atoms with E-state index in [1.165, 1.54) is 0 Å². The second-order valence-corrected chi connectivity index (χ2v) is 3.36. The summed E-state index contributed by atoms with van der Waals surface area (Å²) in [5.74, 6) is -1.05. The molecule has 0 spiro atoms. The van der Waals surface area contributed by atoms with Gasteiger partial charge in [0.25, 0.3) is 0 Å². The Kier molecular flexibility index (Phi) is 2.64. The first-order valence-corrected chi connectivity index (χ1v) is 4.81. The summed E-state index contributed by atoms with van der Waals surface area (Å²) >= 11 is 0. The first-order valence-electron chi connectivity index (χ1n) is 4.81. The van der Waals surface area contributed by atoms with Crippen LogP contribution in [-0.4, -0.2) is 21.0 Å². The topological polar surface area (TPSA) is 63.1 Å². The molecule has 80 valence electrons. The van der Waals surface area contributed by atoms with Gasteiger partial charge in [0, 0.05) is 5.56 Å². The number of hydrogen-bond donors (Lipinski definition) is 1. The average molecular weight is 214 g/mol. The van der Waals surface area contributed by atoms with Crippen LogP contribution in [0.5, 0.6) is 0 Å². The lowest BCUT2D eigenvalue weighted by molar-refractivity contribution is 0.0689. The number of aryl methyl sites for hydroxylation is 1. The third-order valence-electron chi connectivity index (χ3n) is 2.23. The van der Waals surface area contributed by atoms with Crippen molar-refractivity contribution in [1.82, 2.24) is 9.97 Å². The predicted molar refractivity (Wildman–Crippen MR) is 59.2 cm³/mol. The van der Waals surface area contributed by atoms with Crippen molar-refractivity contribution in [3.8, 4) is 11.3 Å². The Morgan fingerprint density at radius 2 is 1.94 bits per heavy atom. The molecule has 16 heavy (non-hydrogen) atoms. The lowest BCUT2D eigenvalue weighted by Crippen LogP contribution is -2.06. The van der Waals surface area contributed by atoms with Crippen LogP contribution in [0, 0.1) is 6.92 Å². The third kappa shape index (κ3) is 1.91. The van der Waals surface area contributed by atoms with Gasteiger partial charge < -0.3 is 5.11 Å². The maximum absolute atomic E-state index is 10.9. The van der Waals surface area contributed by atoms with Crippen molar-refractivity contribution in [2.45, 2.75) is 6.92 Å². The van der Waals surface area contributed by atoms with Crippen molar-refractivity contribution in [1.29, 1.82) is 0 Å². The molecule has 1 heterocycles. The number of aromatic nitrogens is 2. The molecular weight excluding hydrogens is 204 g/mol. The largest absolute Gasteiger partial charge is 0.476 e. The Balaban J connectivity index is 2.52. The molecule has 1 aromatic carbocycles. The quantitative estimate of drug-likeness (QED) is 0.831. The molecule has 0 atom stereocenters. The number of hydrogen-bond acceptors (Lipinski definition) is 3. The fourth-order valence-electron chi connectivity index (χ4n) is 1.40. The molecule has 0 fully saturated rings. The van der Waals surface area contributed by atoms with E-state index in [1.54, 1.807) is 13.1 Å². The maximum Gasteiger partial charge on any atom is 0.356 e. The molecule has 2 rings (SSSR count). The fourth-order valence-corrected chi connectivity index (χ4v) is 1.40. The van der Waals surface area contributed by atoms with Crippen molar-refractivity contribution in [2.75, 3.05) is 0 Å². The van der Waals surface area contributed by atoms with Gasteiger partial charge in [-0.2, -0.15) is 0 Å². The molecule has 0 aliphatic rings. The van der Waals surface area contributed by atoms with Gasteiger partial charge in [-0.05, 0) is 6.92 Å². The molecule has 0 unspecified atom stereocenters. The number of rotatable bonds is 2. The first-order chi connectivity index (χ1) is 7.68. The van der Waals surface area contributed by atoms with E-state index in [9.17, 15) is 4.79 Å². The molecule has 1 N–H and O–H groups in total. The molecule has 0 saturated heterocycles. The first kappa shape index (κ1) is 10.3. The number of carboxylic acids is 1.